The van der Waals surface area contributed by atoms with Crippen molar-refractivity contribution >= 4 is 51.2 Å². The second-order valence-electron chi connectivity index (χ2n) is 6.42. The van der Waals surface area contributed by atoms with Gasteiger partial charge >= 0.3 is 5.97 Å². The molecule has 1 aliphatic rings. The molecule has 9 heteroatoms. The van der Waals surface area contributed by atoms with Crippen molar-refractivity contribution in [3.63, 3.8) is 0 Å². The lowest BCUT2D eigenvalue weighted by Gasteiger charge is -2.04. The average Bonchev–Trinajstić information content (AvgIpc) is 3.31. The summed E-state index contributed by atoms with van der Waals surface area (Å²) in [7, 11) is 0. The second kappa shape index (κ2) is 7.89. The minimum absolute atomic E-state index is 0.0139. The number of halogens is 2. The fourth-order valence-electron chi connectivity index (χ4n) is 2.91. The summed E-state index contributed by atoms with van der Waals surface area (Å²) in [6.07, 6.45) is 1.47. The number of furan rings is 1. The third-order valence-corrected chi connectivity index (χ3v) is 5.20. The van der Waals surface area contributed by atoms with Gasteiger partial charge in [-0.15, -0.1) is 0 Å². The molecule has 1 aliphatic heterocycles. The van der Waals surface area contributed by atoms with Gasteiger partial charge in [0.05, 0.1) is 4.92 Å². The lowest BCUT2D eigenvalue weighted by atomic mass is 10.1. The number of cyclic esters (lactones) is 1. The molecule has 150 valence electrons. The maximum atomic E-state index is 12.2. The van der Waals surface area contributed by atoms with Gasteiger partial charge in [0.2, 0.25) is 5.90 Å². The Hall–Kier alpha value is -3.23. The molecule has 0 aliphatic carbocycles. The molecule has 2 aromatic carbocycles. The molecule has 1 aromatic heterocycles. The Morgan fingerprint density at radius 3 is 2.60 bits per heavy atom. The van der Waals surface area contributed by atoms with Crippen molar-refractivity contribution in [2.75, 3.05) is 0 Å². The van der Waals surface area contributed by atoms with Gasteiger partial charge in [0, 0.05) is 27.7 Å². The van der Waals surface area contributed by atoms with Gasteiger partial charge < -0.3 is 9.15 Å². The number of carbonyl (C=O) groups excluding carboxylic acids is 1. The SMILES string of the molecule is Cc1cc([N+](=O)[O-])c(Cl)cc1-c1ccc(/C=C2\N=C(c3ccc(Br)cc3)OC2=O)o1. The molecule has 4 rings (SSSR count). The van der Waals surface area contributed by atoms with Crippen LogP contribution in [-0.2, 0) is 9.53 Å². The van der Waals surface area contributed by atoms with Gasteiger partial charge in [-0.3, -0.25) is 10.1 Å². The van der Waals surface area contributed by atoms with Crippen molar-refractivity contribution in [2.45, 2.75) is 6.92 Å². The Balaban J connectivity index is 1.64. The van der Waals surface area contributed by atoms with Crippen LogP contribution >= 0.6 is 27.5 Å². The van der Waals surface area contributed by atoms with E-state index in [9.17, 15) is 14.9 Å². The number of hydrogen-bond acceptors (Lipinski definition) is 6. The van der Waals surface area contributed by atoms with Gasteiger partial charge in [-0.2, -0.15) is 0 Å². The number of benzene rings is 2. The van der Waals surface area contributed by atoms with Crippen LogP contribution in [0.25, 0.3) is 17.4 Å². The summed E-state index contributed by atoms with van der Waals surface area (Å²) in [4.78, 5) is 26.9. The highest BCUT2D eigenvalue weighted by Crippen LogP contribution is 2.34. The molecule has 7 nitrogen and oxygen atoms in total. The maximum absolute atomic E-state index is 12.2. The Bertz CT molecular complexity index is 1240. The summed E-state index contributed by atoms with van der Waals surface area (Å²) in [6, 6.07) is 13.4. The largest absolute Gasteiger partial charge is 0.457 e. The quantitative estimate of drug-likeness (QED) is 0.197. The maximum Gasteiger partial charge on any atom is 0.363 e. The van der Waals surface area contributed by atoms with E-state index in [0.717, 1.165) is 4.47 Å². The van der Waals surface area contributed by atoms with Gasteiger partial charge in [0.15, 0.2) is 5.70 Å². The molecule has 30 heavy (non-hydrogen) atoms. The minimum Gasteiger partial charge on any atom is -0.457 e. The van der Waals surface area contributed by atoms with Gasteiger partial charge in [-0.25, -0.2) is 9.79 Å². The molecule has 0 spiro atoms. The van der Waals surface area contributed by atoms with Gasteiger partial charge in [-0.1, -0.05) is 27.5 Å². The zero-order valence-electron chi connectivity index (χ0n) is 15.4. The van der Waals surface area contributed by atoms with Crippen LogP contribution in [0.15, 0.2) is 68.1 Å². The van der Waals surface area contributed by atoms with E-state index in [0.29, 0.717) is 28.2 Å². The predicted molar refractivity (Wildman–Crippen MR) is 115 cm³/mol. The number of nitro benzene ring substituents is 1. The smallest absolute Gasteiger partial charge is 0.363 e. The summed E-state index contributed by atoms with van der Waals surface area (Å²) < 4.78 is 11.9. The third kappa shape index (κ3) is 3.92. The lowest BCUT2D eigenvalue weighted by Crippen LogP contribution is -2.05. The fourth-order valence-corrected chi connectivity index (χ4v) is 3.40. The first-order valence-corrected chi connectivity index (χ1v) is 9.82. The minimum atomic E-state index is -0.583. The highest BCUT2D eigenvalue weighted by molar-refractivity contribution is 9.10. The van der Waals surface area contributed by atoms with Crippen LogP contribution in [0.3, 0.4) is 0 Å². The molecule has 0 amide bonds. The van der Waals surface area contributed by atoms with E-state index in [2.05, 4.69) is 20.9 Å². The number of carbonyl (C=O) groups is 1. The lowest BCUT2D eigenvalue weighted by molar-refractivity contribution is -0.384. The molecule has 0 unspecified atom stereocenters. The predicted octanol–water partition coefficient (Wildman–Crippen LogP) is 5.92. The number of nitrogens with zero attached hydrogens (tertiary/aromatic N) is 2. The van der Waals surface area contributed by atoms with Crippen molar-refractivity contribution < 1.29 is 18.9 Å². The molecule has 0 fully saturated rings. The number of rotatable bonds is 4. The van der Waals surface area contributed by atoms with E-state index in [1.54, 1.807) is 31.2 Å². The van der Waals surface area contributed by atoms with Crippen LogP contribution in [0.2, 0.25) is 5.02 Å². The number of aryl methyl sites for hydroxylation is 1. The molecule has 3 aromatic rings. The average molecular weight is 488 g/mol. The number of nitro groups is 1. The Labute approximate surface area is 183 Å². The van der Waals surface area contributed by atoms with Gasteiger partial charge in [-0.05, 0) is 55.0 Å². The molecule has 0 atom stereocenters. The summed E-state index contributed by atoms with van der Waals surface area (Å²) in [5, 5.41) is 11.0. The van der Waals surface area contributed by atoms with E-state index in [1.165, 1.54) is 18.2 Å². The Morgan fingerprint density at radius 2 is 1.90 bits per heavy atom. The van der Waals surface area contributed by atoms with Crippen molar-refractivity contribution in [2.24, 2.45) is 4.99 Å². The fraction of sp³-hybridized carbons (Fsp3) is 0.0476. The first-order valence-electron chi connectivity index (χ1n) is 8.65. The molecule has 2 heterocycles. The Morgan fingerprint density at radius 1 is 1.17 bits per heavy atom. The molecular formula is C21H12BrClN2O5. The van der Waals surface area contributed by atoms with Crippen molar-refractivity contribution in [3.05, 3.63) is 90.7 Å². The van der Waals surface area contributed by atoms with Crippen molar-refractivity contribution in [1.82, 2.24) is 0 Å². The Kier molecular flexibility index (Phi) is 5.27. The van der Waals surface area contributed by atoms with Crippen LogP contribution in [0, 0.1) is 17.0 Å². The highest BCUT2D eigenvalue weighted by atomic mass is 79.9. The topological polar surface area (TPSA) is 94.9 Å². The molecule has 0 bridgehead atoms. The van der Waals surface area contributed by atoms with E-state index in [1.807, 2.05) is 12.1 Å². The normalized spacial score (nSPS) is 14.7. The standard InChI is InChI=1S/C21H12BrClN2O5/c1-11-8-18(25(27)28)16(23)10-15(11)19-7-6-14(29-19)9-17-21(26)30-20(24-17)12-2-4-13(22)5-3-12/h2-10H,1H3/b17-9-. The monoisotopic (exact) mass is 486 g/mol. The van der Waals surface area contributed by atoms with E-state index in [-0.39, 0.29) is 22.3 Å². The first-order chi connectivity index (χ1) is 14.3. The summed E-state index contributed by atoms with van der Waals surface area (Å²) >= 11 is 9.37. The molecule has 0 radical (unpaired) electrons. The summed E-state index contributed by atoms with van der Waals surface area (Å²) in [6.45, 7) is 1.72. The van der Waals surface area contributed by atoms with E-state index >= 15 is 0 Å². The number of aliphatic imine (C=N–C) groups is 1. The van der Waals surface area contributed by atoms with Gasteiger partial charge in [0.1, 0.15) is 16.5 Å². The van der Waals surface area contributed by atoms with Crippen LogP contribution in [0.4, 0.5) is 5.69 Å². The molecular weight excluding hydrogens is 476 g/mol. The summed E-state index contributed by atoms with van der Waals surface area (Å²) in [5.41, 5.74) is 1.85. The van der Waals surface area contributed by atoms with Crippen LogP contribution in [-0.4, -0.2) is 16.8 Å². The van der Waals surface area contributed by atoms with E-state index in [4.69, 9.17) is 20.8 Å². The number of hydrogen-bond donors (Lipinski definition) is 0. The molecule has 0 saturated heterocycles. The summed E-state index contributed by atoms with van der Waals surface area (Å²) in [5.74, 6) is 0.468. The second-order valence-corrected chi connectivity index (χ2v) is 7.74. The molecule has 0 saturated carbocycles. The van der Waals surface area contributed by atoms with E-state index < -0.39 is 10.9 Å². The van der Waals surface area contributed by atoms with Crippen LogP contribution in [0.1, 0.15) is 16.9 Å². The van der Waals surface area contributed by atoms with Crippen LogP contribution < -0.4 is 0 Å². The highest BCUT2D eigenvalue weighted by Gasteiger charge is 2.25. The third-order valence-electron chi connectivity index (χ3n) is 4.37. The van der Waals surface area contributed by atoms with Crippen molar-refractivity contribution in [1.29, 1.82) is 0 Å². The zero-order chi connectivity index (χ0) is 21.4. The number of ether oxygens (including phenoxy) is 1. The van der Waals surface area contributed by atoms with Crippen LogP contribution in [0.5, 0.6) is 0 Å². The number of esters is 1. The zero-order valence-corrected chi connectivity index (χ0v) is 17.7. The molecule has 0 N–H and O–H groups in total. The van der Waals surface area contributed by atoms with Crippen molar-refractivity contribution in [3.8, 4) is 11.3 Å². The van der Waals surface area contributed by atoms with Gasteiger partial charge in [0.25, 0.3) is 5.69 Å². The first kappa shape index (κ1) is 20.1.